The number of carbonyl (C=O) groups is 4. The molecule has 0 saturated carbocycles. The van der Waals surface area contributed by atoms with Crippen LogP contribution in [0, 0.1) is 5.92 Å². The van der Waals surface area contributed by atoms with Crippen molar-refractivity contribution in [3.63, 3.8) is 0 Å². The topological polar surface area (TPSA) is 116 Å². The molecule has 37 heavy (non-hydrogen) atoms. The number of aromatic carboxylic acids is 1. The van der Waals surface area contributed by atoms with Crippen molar-refractivity contribution < 1.29 is 29.0 Å². The van der Waals surface area contributed by atoms with Crippen LogP contribution in [0.4, 0.5) is 10.5 Å². The zero-order valence-corrected chi connectivity index (χ0v) is 20.6. The lowest BCUT2D eigenvalue weighted by Gasteiger charge is -2.35. The molecular weight excluding hydrogens is 474 g/mol. The summed E-state index contributed by atoms with van der Waals surface area (Å²) in [5, 5.41) is 14.1. The Bertz CT molecular complexity index is 1300. The molecule has 3 amide bonds. The molecule has 0 bridgehead atoms. The highest BCUT2D eigenvalue weighted by Gasteiger charge is 2.34. The average Bonchev–Trinajstić information content (AvgIpc) is 2.91. The van der Waals surface area contributed by atoms with Gasteiger partial charge in [-0.15, -0.1) is 0 Å². The van der Waals surface area contributed by atoms with Gasteiger partial charge in [-0.05, 0) is 53.9 Å². The number of anilines is 1. The number of benzene rings is 3. The number of carboxylic acids is 1. The fourth-order valence-corrected chi connectivity index (χ4v) is 4.35. The van der Waals surface area contributed by atoms with Gasteiger partial charge in [0.1, 0.15) is 5.92 Å². The first-order chi connectivity index (χ1) is 17.9. The van der Waals surface area contributed by atoms with E-state index in [0.29, 0.717) is 24.3 Å². The zero-order valence-electron chi connectivity index (χ0n) is 20.6. The van der Waals surface area contributed by atoms with Crippen LogP contribution in [-0.2, 0) is 20.7 Å². The molecule has 3 aromatic rings. The minimum absolute atomic E-state index is 0.107. The van der Waals surface area contributed by atoms with E-state index in [2.05, 4.69) is 5.32 Å². The molecule has 1 aliphatic rings. The maximum atomic E-state index is 13.6. The van der Waals surface area contributed by atoms with Gasteiger partial charge in [0.2, 0.25) is 11.8 Å². The molecule has 1 fully saturated rings. The van der Waals surface area contributed by atoms with E-state index in [-0.39, 0.29) is 37.6 Å². The Morgan fingerprint density at radius 3 is 2.19 bits per heavy atom. The van der Waals surface area contributed by atoms with Gasteiger partial charge in [-0.3, -0.25) is 9.59 Å². The number of ether oxygens (including phenoxy) is 1. The molecule has 9 heteroatoms. The molecule has 9 nitrogen and oxygen atoms in total. The van der Waals surface area contributed by atoms with Crippen molar-refractivity contribution in [1.82, 2.24) is 9.80 Å². The fraction of sp³-hybridized carbons (Fsp3) is 0.286. The van der Waals surface area contributed by atoms with E-state index in [0.717, 1.165) is 10.8 Å². The summed E-state index contributed by atoms with van der Waals surface area (Å²) in [7, 11) is 0. The second kappa shape index (κ2) is 11.6. The van der Waals surface area contributed by atoms with Crippen LogP contribution in [0.15, 0.2) is 66.7 Å². The first-order valence-corrected chi connectivity index (χ1v) is 12.2. The third-order valence-corrected chi connectivity index (χ3v) is 6.39. The molecular formula is C28H29N3O6. The summed E-state index contributed by atoms with van der Waals surface area (Å²) in [4.78, 5) is 53.4. The first-order valence-electron chi connectivity index (χ1n) is 12.2. The van der Waals surface area contributed by atoms with Gasteiger partial charge in [-0.2, -0.15) is 0 Å². The molecule has 0 aliphatic carbocycles. The standard InChI is InChI=1S/C28H29N3O6/c1-2-37-28(36)31-15-13-30(14-16-31)26(33)24(17-19-7-9-21(10-8-19)27(34)35)25(32)29-23-12-11-20-5-3-4-6-22(20)18-23/h3-12,18,24H,2,13-17H2,1H3,(H,29,32)(H,34,35). The summed E-state index contributed by atoms with van der Waals surface area (Å²) >= 11 is 0. The van der Waals surface area contributed by atoms with E-state index in [9.17, 15) is 24.3 Å². The number of piperazine rings is 1. The number of hydrogen-bond acceptors (Lipinski definition) is 5. The number of carbonyl (C=O) groups excluding carboxylic acids is 3. The van der Waals surface area contributed by atoms with Crippen LogP contribution in [0.2, 0.25) is 0 Å². The Labute approximate surface area is 214 Å². The lowest BCUT2D eigenvalue weighted by atomic mass is 9.95. The van der Waals surface area contributed by atoms with Gasteiger partial charge in [-0.1, -0.05) is 42.5 Å². The zero-order chi connectivity index (χ0) is 26.4. The van der Waals surface area contributed by atoms with Crippen molar-refractivity contribution in [2.24, 2.45) is 5.92 Å². The summed E-state index contributed by atoms with van der Waals surface area (Å²) in [6.07, 6.45) is -0.310. The fourth-order valence-electron chi connectivity index (χ4n) is 4.35. The summed E-state index contributed by atoms with van der Waals surface area (Å²) < 4.78 is 5.04. The highest BCUT2D eigenvalue weighted by atomic mass is 16.6. The summed E-state index contributed by atoms with van der Waals surface area (Å²) in [5.74, 6) is -2.87. The Balaban J connectivity index is 1.52. The average molecular weight is 504 g/mol. The molecule has 1 saturated heterocycles. The second-order valence-corrected chi connectivity index (χ2v) is 8.82. The molecule has 4 rings (SSSR count). The van der Waals surface area contributed by atoms with E-state index in [1.54, 1.807) is 34.9 Å². The summed E-state index contributed by atoms with van der Waals surface area (Å²) in [6.45, 7) is 3.22. The van der Waals surface area contributed by atoms with Gasteiger partial charge in [0.05, 0.1) is 12.2 Å². The van der Waals surface area contributed by atoms with Crippen LogP contribution in [0.1, 0.15) is 22.8 Å². The Morgan fingerprint density at radius 1 is 0.892 bits per heavy atom. The maximum absolute atomic E-state index is 13.6. The van der Waals surface area contributed by atoms with E-state index < -0.39 is 23.9 Å². The van der Waals surface area contributed by atoms with Crippen LogP contribution in [-0.4, -0.2) is 71.6 Å². The number of fused-ring (bicyclic) bond motifs is 1. The highest BCUT2D eigenvalue weighted by Crippen LogP contribution is 2.22. The monoisotopic (exact) mass is 503 g/mol. The number of hydrogen-bond donors (Lipinski definition) is 2. The van der Waals surface area contributed by atoms with E-state index in [1.807, 2.05) is 36.4 Å². The number of rotatable bonds is 7. The van der Waals surface area contributed by atoms with Gasteiger partial charge in [0, 0.05) is 31.9 Å². The minimum atomic E-state index is -1.05. The normalized spacial score (nSPS) is 14.2. The first kappa shape index (κ1) is 25.7. The predicted octanol–water partition coefficient (Wildman–Crippen LogP) is 3.64. The Kier molecular flexibility index (Phi) is 8.02. The van der Waals surface area contributed by atoms with Crippen molar-refractivity contribution in [1.29, 1.82) is 0 Å². The molecule has 2 N–H and O–H groups in total. The largest absolute Gasteiger partial charge is 0.478 e. The molecule has 0 radical (unpaired) electrons. The van der Waals surface area contributed by atoms with E-state index in [4.69, 9.17) is 4.74 Å². The molecule has 1 heterocycles. The van der Waals surface area contributed by atoms with Gasteiger partial charge in [0.15, 0.2) is 0 Å². The number of nitrogens with zero attached hydrogens (tertiary/aromatic N) is 2. The summed E-state index contributed by atoms with van der Waals surface area (Å²) in [5.41, 5.74) is 1.37. The molecule has 0 spiro atoms. The smallest absolute Gasteiger partial charge is 0.409 e. The van der Waals surface area contributed by atoms with Crippen molar-refractivity contribution in [3.8, 4) is 0 Å². The molecule has 1 aliphatic heterocycles. The quantitative estimate of drug-likeness (QED) is 0.476. The van der Waals surface area contributed by atoms with Crippen LogP contribution in [0.25, 0.3) is 10.8 Å². The van der Waals surface area contributed by atoms with Crippen LogP contribution < -0.4 is 5.32 Å². The minimum Gasteiger partial charge on any atom is -0.478 e. The summed E-state index contributed by atoms with van der Waals surface area (Å²) in [6, 6.07) is 19.5. The molecule has 192 valence electrons. The maximum Gasteiger partial charge on any atom is 0.409 e. The molecule has 3 aromatic carbocycles. The lowest BCUT2D eigenvalue weighted by molar-refractivity contribution is -0.141. The SMILES string of the molecule is CCOC(=O)N1CCN(C(=O)C(Cc2ccc(C(=O)O)cc2)C(=O)Nc2ccc3ccccc3c2)CC1. The van der Waals surface area contributed by atoms with E-state index >= 15 is 0 Å². The molecule has 1 unspecified atom stereocenters. The van der Waals surface area contributed by atoms with Gasteiger partial charge in [0.25, 0.3) is 0 Å². The third-order valence-electron chi connectivity index (χ3n) is 6.39. The van der Waals surface area contributed by atoms with Gasteiger partial charge < -0.3 is 25.0 Å². The van der Waals surface area contributed by atoms with Crippen molar-refractivity contribution in [2.75, 3.05) is 38.1 Å². The van der Waals surface area contributed by atoms with E-state index in [1.165, 1.54) is 12.1 Å². The van der Waals surface area contributed by atoms with Gasteiger partial charge >= 0.3 is 12.1 Å². The Morgan fingerprint density at radius 2 is 1.54 bits per heavy atom. The predicted molar refractivity (Wildman–Crippen MR) is 138 cm³/mol. The number of nitrogens with one attached hydrogen (secondary N) is 1. The van der Waals surface area contributed by atoms with Crippen LogP contribution in [0.5, 0.6) is 0 Å². The van der Waals surface area contributed by atoms with Crippen molar-refractivity contribution >= 4 is 40.3 Å². The second-order valence-electron chi connectivity index (χ2n) is 8.82. The van der Waals surface area contributed by atoms with Crippen LogP contribution >= 0.6 is 0 Å². The highest BCUT2D eigenvalue weighted by molar-refractivity contribution is 6.07. The number of carboxylic acid groups (broad SMARTS) is 1. The molecule has 1 atom stereocenters. The Hall–Kier alpha value is -4.40. The third kappa shape index (κ3) is 6.24. The molecule has 0 aromatic heterocycles. The van der Waals surface area contributed by atoms with Crippen LogP contribution in [0.3, 0.4) is 0 Å². The van der Waals surface area contributed by atoms with Gasteiger partial charge in [-0.25, -0.2) is 9.59 Å². The van der Waals surface area contributed by atoms with Crippen molar-refractivity contribution in [3.05, 3.63) is 77.9 Å². The lowest BCUT2D eigenvalue weighted by Crippen LogP contribution is -2.53. The van der Waals surface area contributed by atoms with Crippen molar-refractivity contribution in [2.45, 2.75) is 13.3 Å². The number of amides is 3.